The van der Waals surface area contributed by atoms with E-state index in [2.05, 4.69) is 20.9 Å². The lowest BCUT2D eigenvalue weighted by molar-refractivity contribution is -0.137. The molecule has 0 unspecified atom stereocenters. The zero-order valence-electron chi connectivity index (χ0n) is 7.08. The maximum absolute atomic E-state index is 10.4. The van der Waals surface area contributed by atoms with Gasteiger partial charge in [-0.15, -0.1) is 0 Å². The molecule has 76 valence electrons. The minimum Gasteiger partial charge on any atom is -0.481 e. The van der Waals surface area contributed by atoms with Crippen molar-refractivity contribution in [1.29, 1.82) is 0 Å². The van der Waals surface area contributed by atoms with Crippen molar-refractivity contribution >= 4 is 33.5 Å². The normalized spacial score (nSPS) is 12.5. The highest BCUT2D eigenvalue weighted by Gasteiger charge is 2.15. The van der Waals surface area contributed by atoms with E-state index in [0.717, 1.165) is 0 Å². The number of pyridine rings is 1. The fourth-order valence-corrected chi connectivity index (χ4v) is 1.71. The van der Waals surface area contributed by atoms with Gasteiger partial charge in [0.25, 0.3) is 0 Å². The van der Waals surface area contributed by atoms with Gasteiger partial charge in [-0.2, -0.15) is 0 Å². The molecule has 14 heavy (non-hydrogen) atoms. The molecule has 4 nitrogen and oxygen atoms in total. The molecule has 0 aliphatic rings. The minimum absolute atomic E-state index is 0.140. The Morgan fingerprint density at radius 1 is 1.79 bits per heavy atom. The van der Waals surface area contributed by atoms with E-state index in [9.17, 15) is 4.79 Å². The number of nitrogens with two attached hydrogens (primary N) is 1. The van der Waals surface area contributed by atoms with Crippen LogP contribution in [0.25, 0.3) is 0 Å². The summed E-state index contributed by atoms with van der Waals surface area (Å²) in [4.78, 5) is 14.3. The third kappa shape index (κ3) is 2.67. The van der Waals surface area contributed by atoms with E-state index in [1.54, 1.807) is 6.07 Å². The van der Waals surface area contributed by atoms with E-state index in [0.29, 0.717) is 10.0 Å². The Balaban J connectivity index is 2.95. The van der Waals surface area contributed by atoms with Crippen LogP contribution in [0.2, 0.25) is 5.15 Å². The molecule has 1 aromatic heterocycles. The summed E-state index contributed by atoms with van der Waals surface area (Å²) < 4.78 is 0.551. The van der Waals surface area contributed by atoms with Crippen LogP contribution in [-0.2, 0) is 4.79 Å². The summed E-state index contributed by atoms with van der Waals surface area (Å²) in [6.07, 6.45) is 1.35. The number of carbonyl (C=O) groups is 1. The molecule has 0 amide bonds. The number of aliphatic carboxylic acids is 1. The van der Waals surface area contributed by atoms with E-state index in [1.165, 1.54) is 6.20 Å². The Morgan fingerprint density at radius 2 is 2.43 bits per heavy atom. The molecule has 0 saturated heterocycles. The lowest BCUT2D eigenvalue weighted by Gasteiger charge is -2.11. The van der Waals surface area contributed by atoms with Gasteiger partial charge in [0.05, 0.1) is 10.9 Å². The van der Waals surface area contributed by atoms with Gasteiger partial charge < -0.3 is 10.8 Å². The third-order valence-electron chi connectivity index (χ3n) is 1.67. The lowest BCUT2D eigenvalue weighted by atomic mass is 10.1. The van der Waals surface area contributed by atoms with Gasteiger partial charge in [0.15, 0.2) is 0 Å². The number of halogens is 2. The Kier molecular flexibility index (Phi) is 3.86. The predicted octanol–water partition coefficient (Wildman–Crippen LogP) is 1.97. The average Bonchev–Trinajstić information content (AvgIpc) is 2.08. The molecule has 1 atom stereocenters. The smallest absolute Gasteiger partial charge is 0.305 e. The summed E-state index contributed by atoms with van der Waals surface area (Å²) in [5.74, 6) is -0.947. The summed E-state index contributed by atoms with van der Waals surface area (Å²) in [7, 11) is 0. The quantitative estimate of drug-likeness (QED) is 0.829. The van der Waals surface area contributed by atoms with Crippen LogP contribution >= 0.6 is 27.5 Å². The molecular formula is C8H8BrClN2O2. The van der Waals surface area contributed by atoms with Crippen LogP contribution < -0.4 is 5.73 Å². The second-order valence-corrected chi connectivity index (χ2v) is 3.86. The van der Waals surface area contributed by atoms with E-state index < -0.39 is 12.0 Å². The molecule has 3 N–H and O–H groups in total. The molecule has 0 aliphatic carbocycles. The Bertz CT molecular complexity index is 359. The zero-order valence-corrected chi connectivity index (χ0v) is 9.42. The Morgan fingerprint density at radius 3 is 3.00 bits per heavy atom. The first kappa shape index (κ1) is 11.4. The zero-order chi connectivity index (χ0) is 10.7. The number of carboxylic acid groups (broad SMARTS) is 1. The molecule has 1 rings (SSSR count). The van der Waals surface area contributed by atoms with Crippen LogP contribution in [0.5, 0.6) is 0 Å². The maximum Gasteiger partial charge on any atom is 0.305 e. The van der Waals surface area contributed by atoms with Crippen molar-refractivity contribution < 1.29 is 9.90 Å². The largest absolute Gasteiger partial charge is 0.481 e. The topological polar surface area (TPSA) is 76.2 Å². The molecule has 0 saturated carbocycles. The number of nitrogens with zero attached hydrogens (tertiary/aromatic N) is 1. The first-order valence-corrected chi connectivity index (χ1v) is 4.96. The highest BCUT2D eigenvalue weighted by molar-refractivity contribution is 9.10. The van der Waals surface area contributed by atoms with Crippen LogP contribution in [-0.4, -0.2) is 16.1 Å². The molecule has 1 heterocycles. The molecule has 0 bridgehead atoms. The van der Waals surface area contributed by atoms with Crippen molar-refractivity contribution in [2.75, 3.05) is 0 Å². The molecule has 0 fully saturated rings. The number of aromatic nitrogens is 1. The lowest BCUT2D eigenvalue weighted by Crippen LogP contribution is -2.15. The van der Waals surface area contributed by atoms with E-state index in [4.69, 9.17) is 22.4 Å². The van der Waals surface area contributed by atoms with Gasteiger partial charge in [-0.3, -0.25) is 4.79 Å². The van der Waals surface area contributed by atoms with Gasteiger partial charge in [0.2, 0.25) is 0 Å². The minimum atomic E-state index is -0.947. The van der Waals surface area contributed by atoms with Crippen LogP contribution in [0.3, 0.4) is 0 Å². The van der Waals surface area contributed by atoms with Crippen LogP contribution in [0.4, 0.5) is 0 Å². The Hall–Kier alpha value is -0.650. The van der Waals surface area contributed by atoms with E-state index in [-0.39, 0.29) is 11.6 Å². The summed E-state index contributed by atoms with van der Waals surface area (Å²) in [6.45, 7) is 0. The van der Waals surface area contributed by atoms with Gasteiger partial charge in [-0.1, -0.05) is 11.6 Å². The van der Waals surface area contributed by atoms with Crippen molar-refractivity contribution in [3.05, 3.63) is 27.5 Å². The van der Waals surface area contributed by atoms with Crippen LogP contribution in [0, 0.1) is 0 Å². The highest BCUT2D eigenvalue weighted by atomic mass is 79.9. The van der Waals surface area contributed by atoms with Crippen molar-refractivity contribution in [3.63, 3.8) is 0 Å². The maximum atomic E-state index is 10.4. The monoisotopic (exact) mass is 278 g/mol. The Labute approximate surface area is 94.2 Å². The van der Waals surface area contributed by atoms with Crippen LogP contribution in [0.1, 0.15) is 18.0 Å². The summed E-state index contributed by atoms with van der Waals surface area (Å²) in [6, 6.07) is 1.06. The number of carboxylic acids is 1. The summed E-state index contributed by atoms with van der Waals surface area (Å²) >= 11 is 8.94. The number of hydrogen-bond donors (Lipinski definition) is 2. The van der Waals surface area contributed by atoms with Crippen molar-refractivity contribution in [2.45, 2.75) is 12.5 Å². The van der Waals surface area contributed by atoms with Gasteiger partial charge in [0, 0.05) is 12.2 Å². The fraction of sp³-hybridized carbons (Fsp3) is 0.250. The van der Waals surface area contributed by atoms with Crippen molar-refractivity contribution in [2.24, 2.45) is 5.73 Å². The van der Waals surface area contributed by atoms with Crippen molar-refractivity contribution in [3.8, 4) is 0 Å². The summed E-state index contributed by atoms with van der Waals surface area (Å²) in [5.41, 5.74) is 6.31. The van der Waals surface area contributed by atoms with Gasteiger partial charge in [-0.05, 0) is 27.6 Å². The van der Waals surface area contributed by atoms with Gasteiger partial charge in [-0.25, -0.2) is 4.98 Å². The molecule has 0 radical (unpaired) electrons. The highest BCUT2D eigenvalue weighted by Crippen LogP contribution is 2.28. The molecule has 0 spiro atoms. The van der Waals surface area contributed by atoms with Crippen molar-refractivity contribution in [1.82, 2.24) is 4.98 Å². The second kappa shape index (κ2) is 4.72. The first-order valence-electron chi connectivity index (χ1n) is 3.79. The summed E-state index contributed by atoms with van der Waals surface area (Å²) in [5, 5.41) is 8.84. The van der Waals surface area contributed by atoms with Gasteiger partial charge in [0.1, 0.15) is 5.15 Å². The third-order valence-corrected chi connectivity index (χ3v) is 3.02. The fourth-order valence-electron chi connectivity index (χ4n) is 1.02. The number of rotatable bonds is 3. The predicted molar refractivity (Wildman–Crippen MR) is 56.1 cm³/mol. The average molecular weight is 280 g/mol. The molecular weight excluding hydrogens is 271 g/mol. The molecule has 0 aromatic carbocycles. The SMILES string of the molecule is N[C@@H](CC(=O)O)c1ccnc(Cl)c1Br. The van der Waals surface area contributed by atoms with Crippen LogP contribution in [0.15, 0.2) is 16.7 Å². The molecule has 6 heteroatoms. The van der Waals surface area contributed by atoms with Gasteiger partial charge >= 0.3 is 5.97 Å². The number of hydrogen-bond acceptors (Lipinski definition) is 3. The van der Waals surface area contributed by atoms with E-state index >= 15 is 0 Å². The second-order valence-electron chi connectivity index (χ2n) is 2.71. The van der Waals surface area contributed by atoms with E-state index in [1.807, 2.05) is 0 Å². The first-order chi connectivity index (χ1) is 6.52. The molecule has 0 aliphatic heterocycles. The standard InChI is InChI=1S/C8H8BrClN2O2/c9-7-4(1-2-12-8(7)10)5(11)3-6(13)14/h1-2,5H,3,11H2,(H,13,14)/t5-/m0/s1. The molecule has 1 aromatic rings.